The van der Waals surface area contributed by atoms with Crippen molar-refractivity contribution in [2.24, 2.45) is 11.8 Å². The topological polar surface area (TPSA) is 66.5 Å². The average molecular weight is 417 g/mol. The van der Waals surface area contributed by atoms with E-state index in [-0.39, 0.29) is 29.1 Å². The van der Waals surface area contributed by atoms with E-state index in [9.17, 15) is 17.6 Å². The van der Waals surface area contributed by atoms with Crippen molar-refractivity contribution in [3.8, 4) is 0 Å². The summed E-state index contributed by atoms with van der Waals surface area (Å²) in [6.07, 6.45) is 4.46. The van der Waals surface area contributed by atoms with Gasteiger partial charge in [0.05, 0.1) is 10.6 Å². The van der Waals surface area contributed by atoms with Gasteiger partial charge in [0.15, 0.2) is 0 Å². The number of carbonyl (C=O) groups is 1. The molecule has 1 N–H and O–H groups in total. The van der Waals surface area contributed by atoms with E-state index in [2.05, 4.69) is 5.32 Å². The highest BCUT2D eigenvalue weighted by molar-refractivity contribution is 7.92. The van der Waals surface area contributed by atoms with Crippen LogP contribution in [0.1, 0.15) is 31.2 Å². The number of aryl methyl sites for hydroxylation is 1. The van der Waals surface area contributed by atoms with Crippen molar-refractivity contribution >= 4 is 21.6 Å². The van der Waals surface area contributed by atoms with Crippen molar-refractivity contribution < 1.29 is 17.6 Å². The van der Waals surface area contributed by atoms with Gasteiger partial charge in [0.2, 0.25) is 5.91 Å². The number of amides is 1. The maximum absolute atomic E-state index is 13.4. The van der Waals surface area contributed by atoms with Crippen LogP contribution in [0.5, 0.6) is 0 Å². The number of benzene rings is 2. The predicted octanol–water partition coefficient (Wildman–Crippen LogP) is 3.63. The lowest BCUT2D eigenvalue weighted by molar-refractivity contribution is -0.120. The molecule has 0 aromatic heterocycles. The molecular formula is C22H25FN2O3S. The van der Waals surface area contributed by atoms with Crippen LogP contribution in [0.15, 0.2) is 53.4 Å². The highest BCUT2D eigenvalue weighted by atomic mass is 32.2. The van der Waals surface area contributed by atoms with Gasteiger partial charge in [-0.1, -0.05) is 24.1 Å². The van der Waals surface area contributed by atoms with Gasteiger partial charge in [-0.2, -0.15) is 0 Å². The average Bonchev–Trinajstić information content (AvgIpc) is 3.30. The molecule has 0 radical (unpaired) electrons. The molecule has 29 heavy (non-hydrogen) atoms. The molecule has 154 valence electrons. The van der Waals surface area contributed by atoms with Gasteiger partial charge in [-0.15, -0.1) is 0 Å². The summed E-state index contributed by atoms with van der Waals surface area (Å²) < 4.78 is 41.0. The van der Waals surface area contributed by atoms with E-state index in [1.165, 1.54) is 42.8 Å². The minimum Gasteiger partial charge on any atom is -0.352 e. The summed E-state index contributed by atoms with van der Waals surface area (Å²) in [4.78, 5) is 12.9. The van der Waals surface area contributed by atoms with Gasteiger partial charge in [0.1, 0.15) is 12.4 Å². The molecule has 2 aliphatic rings. The summed E-state index contributed by atoms with van der Waals surface area (Å²) in [5.74, 6) is 0.377. The summed E-state index contributed by atoms with van der Waals surface area (Å²) in [5.41, 5.74) is 1.20. The Labute approximate surface area is 171 Å². The number of rotatable bonds is 6. The zero-order chi connectivity index (χ0) is 20.6. The molecule has 2 fully saturated rings. The van der Waals surface area contributed by atoms with E-state index in [0.717, 1.165) is 29.1 Å². The van der Waals surface area contributed by atoms with Crippen LogP contribution in [0.2, 0.25) is 0 Å². The van der Waals surface area contributed by atoms with Gasteiger partial charge in [-0.05, 0) is 74.4 Å². The fraction of sp³-hybridized carbons (Fsp3) is 0.409. The van der Waals surface area contributed by atoms with Gasteiger partial charge in [0.25, 0.3) is 10.0 Å². The first kappa shape index (κ1) is 19.9. The molecule has 7 heteroatoms. The van der Waals surface area contributed by atoms with Crippen molar-refractivity contribution in [2.75, 3.05) is 10.8 Å². The van der Waals surface area contributed by atoms with Crippen LogP contribution in [0.25, 0.3) is 0 Å². The Bertz CT molecular complexity index is 990. The van der Waals surface area contributed by atoms with Crippen LogP contribution >= 0.6 is 0 Å². The summed E-state index contributed by atoms with van der Waals surface area (Å²) in [6, 6.07) is 11.7. The van der Waals surface area contributed by atoms with Crippen LogP contribution < -0.4 is 9.62 Å². The largest absolute Gasteiger partial charge is 0.352 e. The lowest BCUT2D eigenvalue weighted by Crippen LogP contribution is -2.46. The molecule has 2 aromatic carbocycles. The minimum atomic E-state index is -3.97. The Hall–Kier alpha value is -2.41. The van der Waals surface area contributed by atoms with E-state index >= 15 is 0 Å². The third-order valence-corrected chi connectivity index (χ3v) is 7.88. The molecule has 5 nitrogen and oxygen atoms in total. The maximum Gasteiger partial charge on any atom is 0.264 e. The summed E-state index contributed by atoms with van der Waals surface area (Å²) in [6.45, 7) is 1.53. The molecule has 1 amide bonds. The van der Waals surface area contributed by atoms with E-state index in [4.69, 9.17) is 0 Å². The van der Waals surface area contributed by atoms with Crippen molar-refractivity contribution in [3.63, 3.8) is 0 Å². The fourth-order valence-electron chi connectivity index (χ4n) is 4.56. The van der Waals surface area contributed by atoms with Gasteiger partial charge >= 0.3 is 0 Å². The maximum atomic E-state index is 13.4. The van der Waals surface area contributed by atoms with Gasteiger partial charge in [-0.25, -0.2) is 12.8 Å². The SMILES string of the molecule is Cc1ccc(S(=O)(=O)N(CC(=O)N[C@H]2C[C@H]3CC[C@H]2C3)c2ccc(F)cc2)cc1. The second-order valence-electron chi connectivity index (χ2n) is 8.15. The molecule has 0 unspecified atom stereocenters. The summed E-state index contributed by atoms with van der Waals surface area (Å²) >= 11 is 0. The van der Waals surface area contributed by atoms with Crippen molar-refractivity contribution in [3.05, 3.63) is 59.9 Å². The Balaban J connectivity index is 1.59. The quantitative estimate of drug-likeness (QED) is 0.782. The second-order valence-corrected chi connectivity index (χ2v) is 10.0. The third kappa shape index (κ3) is 4.15. The molecule has 2 saturated carbocycles. The third-order valence-electron chi connectivity index (χ3n) is 6.10. The standard InChI is InChI=1S/C22H25FN2O3S/c1-15-2-10-20(11-3-15)29(27,28)25(19-8-6-18(23)7-9-19)14-22(26)24-21-13-16-4-5-17(21)12-16/h2-3,6-11,16-17,21H,4-5,12-14H2,1H3,(H,24,26)/t16-,17-,21-/m0/s1. The van der Waals surface area contributed by atoms with E-state index in [1.807, 2.05) is 6.92 Å². The van der Waals surface area contributed by atoms with Crippen LogP contribution in [-0.2, 0) is 14.8 Å². The normalized spacial score (nSPS) is 23.2. The predicted molar refractivity (Wildman–Crippen MR) is 109 cm³/mol. The van der Waals surface area contributed by atoms with Gasteiger partial charge in [-0.3, -0.25) is 9.10 Å². The minimum absolute atomic E-state index is 0.0974. The molecule has 0 heterocycles. The highest BCUT2D eigenvalue weighted by Gasteiger charge is 2.40. The molecular weight excluding hydrogens is 391 g/mol. The first-order valence-corrected chi connectivity index (χ1v) is 11.4. The highest BCUT2D eigenvalue weighted by Crippen LogP contribution is 2.44. The number of carbonyl (C=O) groups excluding carboxylic acids is 1. The molecule has 0 saturated heterocycles. The van der Waals surface area contributed by atoms with E-state index in [0.29, 0.717) is 11.8 Å². The lowest BCUT2D eigenvalue weighted by Gasteiger charge is -2.27. The van der Waals surface area contributed by atoms with Crippen molar-refractivity contribution in [2.45, 2.75) is 43.5 Å². The molecule has 2 bridgehead atoms. The number of anilines is 1. The Morgan fingerprint density at radius 2 is 1.76 bits per heavy atom. The molecule has 2 aromatic rings. The Kier molecular flexibility index (Phi) is 5.34. The molecule has 0 aliphatic heterocycles. The number of nitrogens with one attached hydrogen (secondary N) is 1. The van der Waals surface area contributed by atoms with Crippen LogP contribution in [0.3, 0.4) is 0 Å². The van der Waals surface area contributed by atoms with Crippen LogP contribution in [0, 0.1) is 24.6 Å². The first-order chi connectivity index (χ1) is 13.8. The molecule has 4 rings (SSSR count). The fourth-order valence-corrected chi connectivity index (χ4v) is 5.99. The van der Waals surface area contributed by atoms with Crippen LogP contribution in [-0.4, -0.2) is 26.9 Å². The summed E-state index contributed by atoms with van der Waals surface area (Å²) in [5, 5.41) is 3.04. The number of nitrogens with zero attached hydrogens (tertiary/aromatic N) is 1. The smallest absolute Gasteiger partial charge is 0.264 e. The van der Waals surface area contributed by atoms with Gasteiger partial charge < -0.3 is 5.32 Å². The molecule has 0 spiro atoms. The first-order valence-electron chi connectivity index (χ1n) is 9.97. The number of hydrogen-bond acceptors (Lipinski definition) is 3. The number of sulfonamides is 1. The number of fused-ring (bicyclic) bond motifs is 2. The van der Waals surface area contributed by atoms with Crippen molar-refractivity contribution in [1.29, 1.82) is 0 Å². The summed E-state index contributed by atoms with van der Waals surface area (Å²) in [7, 11) is -3.97. The van der Waals surface area contributed by atoms with E-state index < -0.39 is 15.8 Å². The molecule has 2 aliphatic carbocycles. The van der Waals surface area contributed by atoms with E-state index in [1.54, 1.807) is 12.1 Å². The number of halogens is 1. The van der Waals surface area contributed by atoms with Crippen LogP contribution in [0.4, 0.5) is 10.1 Å². The zero-order valence-corrected chi connectivity index (χ0v) is 17.2. The van der Waals surface area contributed by atoms with Gasteiger partial charge in [0, 0.05) is 6.04 Å². The van der Waals surface area contributed by atoms with Crippen molar-refractivity contribution in [1.82, 2.24) is 5.32 Å². The number of hydrogen-bond donors (Lipinski definition) is 1. The monoisotopic (exact) mass is 416 g/mol. The second kappa shape index (κ2) is 7.78. The molecule has 3 atom stereocenters. The Morgan fingerprint density at radius 1 is 1.07 bits per heavy atom. The lowest BCUT2D eigenvalue weighted by atomic mass is 9.95. The zero-order valence-electron chi connectivity index (χ0n) is 16.3. The Morgan fingerprint density at radius 3 is 2.34 bits per heavy atom.